The number of hydrogen-bond donors (Lipinski definition) is 2. The average molecular weight is 507 g/mol. The number of aliphatic hydroxyl groups is 1. The lowest BCUT2D eigenvalue weighted by molar-refractivity contribution is -0.160. The summed E-state index contributed by atoms with van der Waals surface area (Å²) < 4.78 is 11.9. The number of para-hydroxylation sites is 1. The molecule has 192 valence electrons. The van der Waals surface area contributed by atoms with E-state index in [1.165, 1.54) is 4.90 Å². The van der Waals surface area contributed by atoms with Gasteiger partial charge in [-0.05, 0) is 57.6 Å². The van der Waals surface area contributed by atoms with E-state index in [2.05, 4.69) is 5.32 Å². The predicted molar refractivity (Wildman–Crippen MR) is 131 cm³/mol. The normalized spacial score (nSPS) is 32.2. The number of rotatable bonds is 8. The van der Waals surface area contributed by atoms with Crippen molar-refractivity contribution >= 4 is 35.1 Å². The molecule has 0 saturated carbocycles. The molecule has 1 aromatic carbocycles. The quantitative estimate of drug-likeness (QED) is 0.524. The van der Waals surface area contributed by atoms with Crippen molar-refractivity contribution in [2.75, 3.05) is 18.5 Å². The van der Waals surface area contributed by atoms with Gasteiger partial charge in [0.05, 0.1) is 41.5 Å². The topological polar surface area (TPSA) is 105 Å². The van der Waals surface area contributed by atoms with E-state index in [-0.39, 0.29) is 25.0 Å². The third kappa shape index (κ3) is 4.03. The van der Waals surface area contributed by atoms with Gasteiger partial charge >= 0.3 is 5.97 Å². The molecule has 6 atom stereocenters. The second-order valence-electron chi connectivity index (χ2n) is 10.6. The van der Waals surface area contributed by atoms with Crippen LogP contribution in [-0.2, 0) is 23.9 Å². The van der Waals surface area contributed by atoms with Crippen LogP contribution in [0.25, 0.3) is 0 Å². The van der Waals surface area contributed by atoms with Crippen molar-refractivity contribution in [1.82, 2.24) is 4.90 Å². The van der Waals surface area contributed by atoms with Crippen molar-refractivity contribution in [3.05, 3.63) is 28.8 Å². The van der Waals surface area contributed by atoms with E-state index in [1.807, 2.05) is 33.8 Å². The Morgan fingerprint density at radius 3 is 2.66 bits per heavy atom. The molecule has 4 rings (SSSR count). The summed E-state index contributed by atoms with van der Waals surface area (Å²) in [7, 11) is 0. The molecule has 2 N–H and O–H groups in total. The number of nitrogens with zero attached hydrogens (tertiary/aromatic N) is 1. The van der Waals surface area contributed by atoms with Crippen LogP contribution in [0.5, 0.6) is 0 Å². The second kappa shape index (κ2) is 9.37. The number of benzene rings is 1. The van der Waals surface area contributed by atoms with Crippen LogP contribution >= 0.6 is 11.6 Å². The third-order valence-electron chi connectivity index (χ3n) is 7.82. The molecule has 2 amide bonds. The molecular formula is C26H35ClN2O6. The Morgan fingerprint density at radius 2 is 2.06 bits per heavy atom. The van der Waals surface area contributed by atoms with Crippen LogP contribution < -0.4 is 5.32 Å². The molecule has 3 aliphatic heterocycles. The van der Waals surface area contributed by atoms with Gasteiger partial charge in [-0.1, -0.05) is 37.6 Å². The van der Waals surface area contributed by atoms with Crippen LogP contribution in [0, 0.1) is 24.7 Å². The van der Waals surface area contributed by atoms with Crippen LogP contribution in [-0.4, -0.2) is 64.3 Å². The number of likely N-dealkylation sites (tertiary alicyclic amines) is 1. The van der Waals surface area contributed by atoms with Gasteiger partial charge in [0.15, 0.2) is 0 Å². The third-order valence-corrected chi connectivity index (χ3v) is 8.14. The summed E-state index contributed by atoms with van der Waals surface area (Å²) in [6.07, 6.45) is 1.48. The number of hydrogen-bond acceptors (Lipinski definition) is 6. The number of ether oxygens (including phenoxy) is 2. The Hall–Kier alpha value is -2.16. The van der Waals surface area contributed by atoms with Crippen LogP contribution in [0.4, 0.5) is 5.69 Å². The highest BCUT2D eigenvalue weighted by atomic mass is 35.5. The van der Waals surface area contributed by atoms with Crippen LogP contribution in [0.2, 0.25) is 5.02 Å². The maximum Gasteiger partial charge on any atom is 0.312 e. The number of anilines is 1. The summed E-state index contributed by atoms with van der Waals surface area (Å²) in [6.45, 7) is 9.26. The zero-order valence-corrected chi connectivity index (χ0v) is 21.7. The van der Waals surface area contributed by atoms with Crippen LogP contribution in [0.3, 0.4) is 0 Å². The fourth-order valence-corrected chi connectivity index (χ4v) is 6.72. The van der Waals surface area contributed by atoms with E-state index >= 15 is 0 Å². The fourth-order valence-electron chi connectivity index (χ4n) is 6.45. The van der Waals surface area contributed by atoms with E-state index in [0.29, 0.717) is 30.0 Å². The fraction of sp³-hybridized carbons (Fsp3) is 0.654. The summed E-state index contributed by atoms with van der Waals surface area (Å²) in [4.78, 5) is 42.5. The summed E-state index contributed by atoms with van der Waals surface area (Å²) in [5.41, 5.74) is -0.835. The van der Waals surface area contributed by atoms with Gasteiger partial charge in [0.2, 0.25) is 11.8 Å². The first-order valence-corrected chi connectivity index (χ1v) is 12.7. The first-order valence-electron chi connectivity index (χ1n) is 12.4. The maximum atomic E-state index is 14.0. The molecular weight excluding hydrogens is 472 g/mol. The smallest absolute Gasteiger partial charge is 0.312 e. The molecule has 1 aromatic rings. The van der Waals surface area contributed by atoms with E-state index in [0.717, 1.165) is 5.56 Å². The standard InChI is InChI=1S/C26H35ClN2O6/c1-6-34-24(33)19-18-23(32)29(16(13-30)12-14(2)3)21(26(18)11-10-25(19,5)35-26)22(31)28-20-15(4)8-7-9-17(20)27/h7-9,14,16,18-19,21,30H,6,10-13H2,1-5H3,(H,28,31)/t16-,18+,19+,21?,25-,26?/m1/s1. The minimum atomic E-state index is -1.19. The second-order valence-corrected chi connectivity index (χ2v) is 11.0. The largest absolute Gasteiger partial charge is 0.466 e. The Balaban J connectivity index is 1.80. The van der Waals surface area contributed by atoms with E-state index in [4.69, 9.17) is 21.1 Å². The van der Waals surface area contributed by atoms with Gasteiger partial charge in [0.25, 0.3) is 0 Å². The van der Waals surface area contributed by atoms with Crippen LogP contribution in [0.1, 0.15) is 52.5 Å². The maximum absolute atomic E-state index is 14.0. The van der Waals surface area contributed by atoms with Gasteiger partial charge in [-0.3, -0.25) is 14.4 Å². The number of amides is 2. The highest BCUT2D eigenvalue weighted by molar-refractivity contribution is 6.34. The molecule has 0 aromatic heterocycles. The Bertz CT molecular complexity index is 1010. The number of halogens is 1. The van der Waals surface area contributed by atoms with Crippen molar-refractivity contribution in [2.45, 2.75) is 77.2 Å². The number of carbonyl (C=O) groups excluding carboxylic acids is 3. The molecule has 3 saturated heterocycles. The molecule has 0 aliphatic carbocycles. The monoisotopic (exact) mass is 506 g/mol. The average Bonchev–Trinajstić information content (AvgIpc) is 3.35. The first-order chi connectivity index (χ1) is 16.5. The molecule has 9 heteroatoms. The highest BCUT2D eigenvalue weighted by Crippen LogP contribution is 2.63. The zero-order valence-electron chi connectivity index (χ0n) is 21.0. The number of aliphatic hydroxyl groups excluding tert-OH is 1. The number of carbonyl (C=O) groups is 3. The molecule has 2 bridgehead atoms. The van der Waals surface area contributed by atoms with Crippen molar-refractivity contribution in [3.63, 3.8) is 0 Å². The van der Waals surface area contributed by atoms with Gasteiger partial charge < -0.3 is 24.8 Å². The first kappa shape index (κ1) is 25.9. The molecule has 3 fully saturated rings. The summed E-state index contributed by atoms with van der Waals surface area (Å²) in [5, 5.41) is 13.6. The Morgan fingerprint density at radius 1 is 1.34 bits per heavy atom. The summed E-state index contributed by atoms with van der Waals surface area (Å²) in [5.74, 6) is -2.77. The van der Waals surface area contributed by atoms with E-state index < -0.39 is 47.0 Å². The van der Waals surface area contributed by atoms with E-state index in [1.54, 1.807) is 19.1 Å². The molecule has 2 unspecified atom stereocenters. The number of aryl methyl sites for hydroxylation is 1. The zero-order chi connectivity index (χ0) is 25.7. The molecule has 3 heterocycles. The summed E-state index contributed by atoms with van der Waals surface area (Å²) >= 11 is 6.39. The number of esters is 1. The van der Waals surface area contributed by atoms with Gasteiger partial charge in [0.1, 0.15) is 17.6 Å². The molecule has 3 aliphatic rings. The van der Waals surface area contributed by atoms with Gasteiger partial charge in [-0.2, -0.15) is 0 Å². The van der Waals surface area contributed by atoms with Crippen LogP contribution in [0.15, 0.2) is 18.2 Å². The lowest BCUT2D eigenvalue weighted by Gasteiger charge is -2.37. The van der Waals surface area contributed by atoms with Gasteiger partial charge in [-0.25, -0.2) is 0 Å². The SMILES string of the molecule is CCOC(=O)[C@@H]1[C@H]2C(=O)N([C@@H](CO)CC(C)C)C(C(=O)Nc3c(C)cccc3Cl)C23CC[C@@]1(C)O3. The number of nitrogens with one attached hydrogen (secondary N) is 1. The lowest BCUT2D eigenvalue weighted by Crippen LogP contribution is -2.56. The van der Waals surface area contributed by atoms with Crippen molar-refractivity contribution in [1.29, 1.82) is 0 Å². The van der Waals surface area contributed by atoms with Crippen molar-refractivity contribution < 1.29 is 29.0 Å². The molecule has 1 spiro atoms. The molecule has 8 nitrogen and oxygen atoms in total. The minimum absolute atomic E-state index is 0.169. The molecule has 35 heavy (non-hydrogen) atoms. The van der Waals surface area contributed by atoms with Gasteiger partial charge in [0, 0.05) is 0 Å². The summed E-state index contributed by atoms with van der Waals surface area (Å²) in [6, 6.07) is 3.71. The van der Waals surface area contributed by atoms with Crippen molar-refractivity contribution in [2.24, 2.45) is 17.8 Å². The Kier molecular flexibility index (Phi) is 6.94. The highest BCUT2D eigenvalue weighted by Gasteiger charge is 2.78. The van der Waals surface area contributed by atoms with Gasteiger partial charge in [-0.15, -0.1) is 0 Å². The molecule has 0 radical (unpaired) electrons. The lowest BCUT2D eigenvalue weighted by atomic mass is 9.66. The minimum Gasteiger partial charge on any atom is -0.466 e. The van der Waals surface area contributed by atoms with E-state index in [9.17, 15) is 19.5 Å². The predicted octanol–water partition coefficient (Wildman–Crippen LogP) is 3.32. The number of fused-ring (bicyclic) bond motifs is 1. The van der Waals surface area contributed by atoms with Crippen molar-refractivity contribution in [3.8, 4) is 0 Å². The Labute approximate surface area is 211 Å².